The zero-order chi connectivity index (χ0) is 9.07. The third kappa shape index (κ3) is 5.10. The maximum Gasteiger partial charge on any atom is 0.253 e. The van der Waals surface area contributed by atoms with Gasteiger partial charge in [0, 0.05) is 0 Å². The van der Waals surface area contributed by atoms with Gasteiger partial charge in [-0.2, -0.15) is 0 Å². The molecule has 0 aliphatic rings. The Morgan fingerprint density at radius 3 is 2.36 bits per heavy atom. The second kappa shape index (κ2) is 4.74. The predicted molar refractivity (Wildman–Crippen MR) is 49.6 cm³/mol. The molecule has 0 bridgehead atoms. The number of carbonyl (C=O) groups excluding carboxylic acids is 1. The van der Waals surface area contributed by atoms with Gasteiger partial charge < -0.3 is 10.4 Å². The van der Waals surface area contributed by atoms with Crippen LogP contribution in [-0.4, -0.2) is 26.1 Å². The number of hydrogen-bond acceptors (Lipinski definition) is 2. The van der Waals surface area contributed by atoms with Gasteiger partial charge in [0.15, 0.2) is 15.0 Å². The first-order valence-electron chi connectivity index (χ1n) is 2.48. The van der Waals surface area contributed by atoms with E-state index in [0.717, 1.165) is 0 Å². The minimum absolute atomic E-state index is 0.875. The van der Waals surface area contributed by atoms with Crippen LogP contribution in [0.2, 0.25) is 0 Å². The van der Waals surface area contributed by atoms with E-state index in [0.29, 0.717) is 0 Å². The Morgan fingerprint density at radius 2 is 2.09 bits per heavy atom. The van der Waals surface area contributed by atoms with E-state index in [1.807, 2.05) is 5.32 Å². The summed E-state index contributed by atoms with van der Waals surface area (Å²) in [4.78, 5) is 10.4. The Bertz CT molecular complexity index is 149. The first-order chi connectivity index (χ1) is 4.88. The first-order valence-corrected chi connectivity index (χ1v) is 4.86. The van der Waals surface area contributed by atoms with E-state index in [4.69, 9.17) is 5.11 Å². The van der Waals surface area contributed by atoms with Gasteiger partial charge in [-0.1, -0.05) is 47.8 Å². The summed E-state index contributed by atoms with van der Waals surface area (Å²) in [6.45, 7) is -1.15. The molecule has 0 heterocycles. The van der Waals surface area contributed by atoms with E-state index < -0.39 is 21.0 Å². The number of nitrogens with one attached hydrogen (secondary N) is 1. The Balaban J connectivity index is 3.87. The third-order valence-electron chi connectivity index (χ3n) is 0.729. The van der Waals surface area contributed by atoms with Crippen LogP contribution < -0.4 is 5.32 Å². The monoisotopic (exact) mass is 355 g/mol. The van der Waals surface area contributed by atoms with Gasteiger partial charge in [0.05, 0.1) is 0 Å². The summed E-state index contributed by atoms with van der Waals surface area (Å²) in [6.07, 6.45) is -1.24. The van der Waals surface area contributed by atoms with Gasteiger partial charge in [-0.25, -0.2) is 4.39 Å². The summed E-state index contributed by atoms with van der Waals surface area (Å²) in [5, 5.41) is 11.0. The minimum Gasteiger partial charge on any atom is -0.370 e. The number of aliphatic hydroxyl groups excluding tert-OH is 1. The molecule has 0 saturated heterocycles. The van der Waals surface area contributed by atoms with Crippen molar-refractivity contribution in [3.05, 3.63) is 0 Å². The number of aliphatic hydroxyl groups is 1. The number of hydrogen-bond donors (Lipinski definition) is 2. The largest absolute Gasteiger partial charge is 0.370 e. The molecule has 1 atom stereocenters. The lowest BCUT2D eigenvalue weighted by atomic mass is 10.6. The van der Waals surface area contributed by atoms with E-state index in [9.17, 15) is 9.18 Å². The highest BCUT2D eigenvalue weighted by Gasteiger charge is 2.29. The van der Waals surface area contributed by atoms with Gasteiger partial charge in [-0.15, -0.1) is 0 Å². The molecule has 3 nitrogen and oxygen atoms in total. The van der Waals surface area contributed by atoms with Crippen molar-refractivity contribution in [3.63, 3.8) is 0 Å². The van der Waals surface area contributed by atoms with Crippen LogP contribution in [0.3, 0.4) is 0 Å². The summed E-state index contributed by atoms with van der Waals surface area (Å²) in [7, 11) is 0. The van der Waals surface area contributed by atoms with E-state index >= 15 is 0 Å². The molecule has 2 N–H and O–H groups in total. The summed E-state index contributed by atoms with van der Waals surface area (Å²) in [5.74, 6) is -0.875. The second-order valence-corrected chi connectivity index (χ2v) is 8.59. The topological polar surface area (TPSA) is 49.3 Å². The van der Waals surface area contributed by atoms with Crippen molar-refractivity contribution in [2.75, 3.05) is 6.67 Å². The third-order valence-corrected chi connectivity index (χ3v) is 2.03. The Labute approximate surface area is 88.1 Å². The van der Waals surface area contributed by atoms with Crippen LogP contribution >= 0.6 is 47.8 Å². The average Bonchev–Trinajstić information content (AvgIpc) is 1.85. The quantitative estimate of drug-likeness (QED) is 0.577. The molecule has 0 aliphatic carbocycles. The SMILES string of the molecule is O=C(CF)N[C@@H](O)C(Br)(Br)Br. The molecule has 0 fully saturated rings. The molecule has 0 spiro atoms. The number of alkyl halides is 4. The molecule has 11 heavy (non-hydrogen) atoms. The van der Waals surface area contributed by atoms with Crippen LogP contribution in [0.4, 0.5) is 4.39 Å². The minimum atomic E-state index is -1.24. The van der Waals surface area contributed by atoms with E-state index in [1.165, 1.54) is 0 Å². The van der Waals surface area contributed by atoms with Crippen LogP contribution in [0.25, 0.3) is 0 Å². The number of carbonyl (C=O) groups is 1. The molecule has 0 aromatic heterocycles. The summed E-state index contributed by atoms with van der Waals surface area (Å²) < 4.78 is 10.6. The first kappa shape index (κ1) is 11.8. The lowest BCUT2D eigenvalue weighted by molar-refractivity contribution is -0.124. The lowest BCUT2D eigenvalue weighted by Gasteiger charge is -2.20. The van der Waals surface area contributed by atoms with Gasteiger partial charge in [-0.3, -0.25) is 4.79 Å². The average molecular weight is 358 g/mol. The number of amides is 1. The van der Waals surface area contributed by atoms with Crippen LogP contribution in [0, 0.1) is 0 Å². The molecule has 0 rings (SSSR count). The number of halogens is 4. The molecule has 0 radical (unpaired) electrons. The van der Waals surface area contributed by atoms with Gasteiger partial charge in [-0.05, 0) is 0 Å². The zero-order valence-electron chi connectivity index (χ0n) is 5.15. The molecular formula is C4H5Br3FNO2. The fourth-order valence-electron chi connectivity index (χ4n) is 0.273. The van der Waals surface area contributed by atoms with Crippen LogP contribution in [0.15, 0.2) is 0 Å². The maximum absolute atomic E-state index is 11.6. The Kier molecular flexibility index (Phi) is 5.08. The van der Waals surface area contributed by atoms with Crippen molar-refractivity contribution in [2.24, 2.45) is 0 Å². The molecule has 7 heteroatoms. The molecule has 0 aromatic rings. The van der Waals surface area contributed by atoms with E-state index in [2.05, 4.69) is 47.8 Å². The molecule has 0 unspecified atom stereocenters. The smallest absolute Gasteiger partial charge is 0.253 e. The standard InChI is InChI=1S/C4H5Br3FNO2/c5-4(6,7)3(11)9-2(10)1-8/h3,11H,1H2,(H,9,10)/t3-/m0/s1. The maximum atomic E-state index is 11.6. The summed E-state index contributed by atoms with van der Waals surface area (Å²) in [6, 6.07) is 0. The zero-order valence-corrected chi connectivity index (χ0v) is 9.91. The van der Waals surface area contributed by atoms with Crippen molar-refractivity contribution in [3.8, 4) is 0 Å². The van der Waals surface area contributed by atoms with Crippen molar-refractivity contribution >= 4 is 53.7 Å². The second-order valence-electron chi connectivity index (χ2n) is 1.65. The molecular weight excluding hydrogens is 353 g/mol. The Morgan fingerprint density at radius 1 is 1.64 bits per heavy atom. The Hall–Kier alpha value is 0.800. The molecule has 0 aromatic carbocycles. The van der Waals surface area contributed by atoms with E-state index in [-0.39, 0.29) is 0 Å². The fourth-order valence-corrected chi connectivity index (χ4v) is 0.616. The van der Waals surface area contributed by atoms with Crippen molar-refractivity contribution in [2.45, 2.75) is 8.37 Å². The highest BCUT2D eigenvalue weighted by atomic mass is 80.0. The van der Waals surface area contributed by atoms with Crippen LogP contribution in [0.5, 0.6) is 0 Å². The predicted octanol–water partition coefficient (Wildman–Crippen LogP) is 1.23. The molecule has 66 valence electrons. The highest BCUT2D eigenvalue weighted by molar-refractivity contribution is 9.39. The lowest BCUT2D eigenvalue weighted by Crippen LogP contribution is -2.43. The van der Waals surface area contributed by atoms with Crippen LogP contribution in [-0.2, 0) is 4.79 Å². The van der Waals surface area contributed by atoms with Gasteiger partial charge in [0.2, 0.25) is 0 Å². The molecule has 1 amide bonds. The van der Waals surface area contributed by atoms with Crippen molar-refractivity contribution in [1.82, 2.24) is 5.32 Å². The van der Waals surface area contributed by atoms with Gasteiger partial charge in [0.1, 0.15) is 0 Å². The molecule has 0 saturated carbocycles. The number of rotatable bonds is 2. The molecule has 0 aliphatic heterocycles. The van der Waals surface area contributed by atoms with Crippen LogP contribution in [0.1, 0.15) is 0 Å². The van der Waals surface area contributed by atoms with Crippen molar-refractivity contribution < 1.29 is 14.3 Å². The fraction of sp³-hybridized carbons (Fsp3) is 0.750. The van der Waals surface area contributed by atoms with Crippen molar-refractivity contribution in [1.29, 1.82) is 0 Å². The summed E-state index contributed by atoms with van der Waals surface area (Å²) in [5.41, 5.74) is 0. The van der Waals surface area contributed by atoms with Gasteiger partial charge >= 0.3 is 0 Å². The van der Waals surface area contributed by atoms with Gasteiger partial charge in [0.25, 0.3) is 5.91 Å². The normalized spacial score (nSPS) is 14.3. The summed E-state index contributed by atoms with van der Waals surface area (Å²) >= 11 is 8.84. The highest BCUT2D eigenvalue weighted by Crippen LogP contribution is 2.35. The van der Waals surface area contributed by atoms with E-state index in [1.54, 1.807) is 0 Å².